The van der Waals surface area contributed by atoms with Crippen molar-refractivity contribution >= 4 is 17.8 Å². The van der Waals surface area contributed by atoms with E-state index in [9.17, 15) is 14.4 Å². The third-order valence-electron chi connectivity index (χ3n) is 1.64. The van der Waals surface area contributed by atoms with E-state index < -0.39 is 30.0 Å². The number of carbonyl (C=O) groups excluding carboxylic acids is 3. The van der Waals surface area contributed by atoms with Crippen molar-refractivity contribution in [3.8, 4) is 0 Å². The molecule has 15 heavy (non-hydrogen) atoms. The molecule has 0 fully saturated rings. The maximum atomic E-state index is 11.2. The average molecular weight is 217 g/mol. The van der Waals surface area contributed by atoms with Crippen LogP contribution in [-0.2, 0) is 23.9 Å². The van der Waals surface area contributed by atoms with Crippen LogP contribution in [0.2, 0.25) is 0 Å². The average Bonchev–Trinajstić information content (AvgIpc) is 2.11. The summed E-state index contributed by atoms with van der Waals surface area (Å²) in [4.78, 5) is 32.7. The van der Waals surface area contributed by atoms with Crippen LogP contribution in [0.25, 0.3) is 0 Å². The normalized spacial score (nSPS) is 13.6. The van der Waals surface area contributed by atoms with Gasteiger partial charge in [0.05, 0.1) is 7.11 Å². The minimum absolute atomic E-state index is 0.399. The number of rotatable bonds is 4. The molecule has 86 valence electrons. The van der Waals surface area contributed by atoms with E-state index in [-0.39, 0.29) is 0 Å². The van der Waals surface area contributed by atoms with Crippen molar-refractivity contribution in [2.45, 2.75) is 32.9 Å². The topological polar surface area (TPSA) is 81.7 Å². The molecular formula is C9H15NO5. The maximum absolute atomic E-state index is 11.2. The van der Waals surface area contributed by atoms with Crippen LogP contribution in [0.4, 0.5) is 0 Å². The van der Waals surface area contributed by atoms with Crippen LogP contribution in [0.15, 0.2) is 0 Å². The van der Waals surface area contributed by atoms with Crippen molar-refractivity contribution in [2.75, 3.05) is 7.11 Å². The zero-order valence-electron chi connectivity index (χ0n) is 9.20. The van der Waals surface area contributed by atoms with Gasteiger partial charge in [-0.2, -0.15) is 0 Å². The Morgan fingerprint density at radius 2 is 1.73 bits per heavy atom. The van der Waals surface area contributed by atoms with Crippen LogP contribution in [0.1, 0.15) is 20.8 Å². The lowest BCUT2D eigenvalue weighted by Gasteiger charge is -2.21. The quantitative estimate of drug-likeness (QED) is 0.649. The standard InChI is InChI=1S/C9H15NO5/c1-5(15-7(3)12)8(9(13)14-4)10-6(2)11/h5,8H,1-4H3,(H,10,11). The fraction of sp³-hybridized carbons (Fsp3) is 0.667. The molecule has 0 saturated carbocycles. The monoisotopic (exact) mass is 217 g/mol. The van der Waals surface area contributed by atoms with Crippen molar-refractivity contribution in [3.05, 3.63) is 0 Å². The zero-order valence-corrected chi connectivity index (χ0v) is 9.20. The van der Waals surface area contributed by atoms with E-state index in [1.165, 1.54) is 27.9 Å². The van der Waals surface area contributed by atoms with Crippen LogP contribution in [-0.4, -0.2) is 37.1 Å². The van der Waals surface area contributed by atoms with Crippen molar-refractivity contribution in [3.63, 3.8) is 0 Å². The Labute approximate surface area is 87.9 Å². The summed E-state index contributed by atoms with van der Waals surface area (Å²) in [5, 5.41) is 2.35. The first-order valence-corrected chi connectivity index (χ1v) is 4.40. The third kappa shape index (κ3) is 4.99. The van der Waals surface area contributed by atoms with Gasteiger partial charge in [-0.3, -0.25) is 9.59 Å². The third-order valence-corrected chi connectivity index (χ3v) is 1.64. The molecule has 6 heteroatoms. The Morgan fingerprint density at radius 3 is 2.07 bits per heavy atom. The van der Waals surface area contributed by atoms with Gasteiger partial charge >= 0.3 is 11.9 Å². The van der Waals surface area contributed by atoms with Gasteiger partial charge in [0.25, 0.3) is 0 Å². The second kappa shape index (κ2) is 6.00. The van der Waals surface area contributed by atoms with E-state index in [0.29, 0.717) is 0 Å². The van der Waals surface area contributed by atoms with E-state index in [4.69, 9.17) is 4.74 Å². The van der Waals surface area contributed by atoms with Gasteiger partial charge in [0.1, 0.15) is 6.10 Å². The van der Waals surface area contributed by atoms with Crippen LogP contribution in [0.5, 0.6) is 0 Å². The number of nitrogens with one attached hydrogen (secondary N) is 1. The van der Waals surface area contributed by atoms with Gasteiger partial charge < -0.3 is 14.8 Å². The Balaban J connectivity index is 4.53. The Hall–Kier alpha value is -1.59. The molecule has 0 radical (unpaired) electrons. The number of hydrogen-bond donors (Lipinski definition) is 1. The highest BCUT2D eigenvalue weighted by Crippen LogP contribution is 2.01. The number of carbonyl (C=O) groups is 3. The van der Waals surface area contributed by atoms with Gasteiger partial charge in [0.2, 0.25) is 5.91 Å². The molecule has 2 atom stereocenters. The highest BCUT2D eigenvalue weighted by Gasteiger charge is 2.28. The van der Waals surface area contributed by atoms with Gasteiger partial charge in [-0.25, -0.2) is 4.79 Å². The number of hydrogen-bond acceptors (Lipinski definition) is 5. The zero-order chi connectivity index (χ0) is 12.0. The largest absolute Gasteiger partial charge is 0.467 e. The van der Waals surface area contributed by atoms with Crippen molar-refractivity contribution in [1.29, 1.82) is 0 Å². The van der Waals surface area contributed by atoms with Gasteiger partial charge in [0.15, 0.2) is 6.04 Å². The number of methoxy groups -OCH3 is 1. The molecule has 0 bridgehead atoms. The second-order valence-electron chi connectivity index (χ2n) is 3.02. The van der Waals surface area contributed by atoms with E-state index in [1.54, 1.807) is 0 Å². The number of amides is 1. The highest BCUT2D eigenvalue weighted by atomic mass is 16.6. The summed E-state index contributed by atoms with van der Waals surface area (Å²) in [6, 6.07) is -0.976. The van der Waals surface area contributed by atoms with E-state index >= 15 is 0 Å². The lowest BCUT2D eigenvalue weighted by Crippen LogP contribution is -2.48. The molecule has 6 nitrogen and oxygen atoms in total. The second-order valence-corrected chi connectivity index (χ2v) is 3.02. The van der Waals surface area contributed by atoms with E-state index in [1.807, 2.05) is 0 Å². The summed E-state index contributed by atoms with van der Waals surface area (Å²) in [7, 11) is 1.19. The predicted octanol–water partition coefficient (Wildman–Crippen LogP) is -0.384. The van der Waals surface area contributed by atoms with Gasteiger partial charge in [0, 0.05) is 13.8 Å². The summed E-state index contributed by atoms with van der Waals surface area (Å²) in [6.07, 6.45) is -0.765. The summed E-state index contributed by atoms with van der Waals surface area (Å²) < 4.78 is 9.25. The SMILES string of the molecule is COC(=O)C(NC(C)=O)C(C)OC(C)=O. The first kappa shape index (κ1) is 13.4. The summed E-state index contributed by atoms with van der Waals surface area (Å²) in [6.45, 7) is 3.98. The molecule has 0 aromatic heterocycles. The summed E-state index contributed by atoms with van der Waals surface area (Å²) in [5.41, 5.74) is 0. The van der Waals surface area contributed by atoms with Crippen molar-refractivity contribution < 1.29 is 23.9 Å². The molecule has 0 heterocycles. The smallest absolute Gasteiger partial charge is 0.332 e. The number of ether oxygens (including phenoxy) is 2. The van der Waals surface area contributed by atoms with Gasteiger partial charge in [-0.05, 0) is 6.92 Å². The fourth-order valence-electron chi connectivity index (χ4n) is 1.04. The first-order chi connectivity index (χ1) is 6.88. The molecule has 0 aromatic rings. The Kier molecular flexibility index (Phi) is 5.36. The maximum Gasteiger partial charge on any atom is 0.332 e. The summed E-state index contributed by atoms with van der Waals surface area (Å²) >= 11 is 0. The van der Waals surface area contributed by atoms with Crippen LogP contribution >= 0.6 is 0 Å². The van der Waals surface area contributed by atoms with Crippen LogP contribution < -0.4 is 5.32 Å². The van der Waals surface area contributed by atoms with Crippen LogP contribution in [0, 0.1) is 0 Å². The number of esters is 2. The van der Waals surface area contributed by atoms with Crippen molar-refractivity contribution in [2.24, 2.45) is 0 Å². The van der Waals surface area contributed by atoms with Gasteiger partial charge in [-0.1, -0.05) is 0 Å². The fourth-order valence-corrected chi connectivity index (χ4v) is 1.04. The molecule has 0 aromatic carbocycles. The van der Waals surface area contributed by atoms with E-state index in [2.05, 4.69) is 10.1 Å². The Bertz CT molecular complexity index is 263. The lowest BCUT2D eigenvalue weighted by atomic mass is 10.2. The minimum Gasteiger partial charge on any atom is -0.467 e. The molecule has 1 amide bonds. The molecule has 0 aliphatic rings. The molecule has 0 saturated heterocycles. The molecule has 0 aliphatic carbocycles. The minimum atomic E-state index is -0.976. The molecular weight excluding hydrogens is 202 g/mol. The molecule has 0 spiro atoms. The Morgan fingerprint density at radius 1 is 1.20 bits per heavy atom. The lowest BCUT2D eigenvalue weighted by molar-refractivity contribution is -0.156. The van der Waals surface area contributed by atoms with Crippen LogP contribution in [0.3, 0.4) is 0 Å². The molecule has 0 rings (SSSR count). The predicted molar refractivity (Wildman–Crippen MR) is 50.8 cm³/mol. The molecule has 1 N–H and O–H groups in total. The summed E-state index contributed by atoms with van der Waals surface area (Å²) in [5.74, 6) is -1.58. The first-order valence-electron chi connectivity index (χ1n) is 4.40. The van der Waals surface area contributed by atoms with E-state index in [0.717, 1.165) is 0 Å². The van der Waals surface area contributed by atoms with Crippen molar-refractivity contribution in [1.82, 2.24) is 5.32 Å². The molecule has 2 unspecified atom stereocenters. The molecule has 0 aliphatic heterocycles. The highest BCUT2D eigenvalue weighted by molar-refractivity contribution is 5.84. The van der Waals surface area contributed by atoms with Gasteiger partial charge in [-0.15, -0.1) is 0 Å².